The van der Waals surface area contributed by atoms with Gasteiger partial charge >= 0.3 is 0 Å². The molecule has 5 N–H and O–H groups in total. The highest BCUT2D eigenvalue weighted by molar-refractivity contribution is 5.42. The minimum atomic E-state index is -0.776. The molecule has 84 valence electrons. The quantitative estimate of drug-likeness (QED) is 0.541. The summed E-state index contributed by atoms with van der Waals surface area (Å²) < 4.78 is 5.07. The second kappa shape index (κ2) is 5.55. The number of nitrogens with two attached hydrogens (primary N) is 1. The monoisotopic (exact) mass is 213 g/mol. The first kappa shape index (κ1) is 11.8. The number of aromatic hydroxyl groups is 1. The van der Waals surface area contributed by atoms with Gasteiger partial charge in [0.25, 0.3) is 0 Å². The van der Waals surface area contributed by atoms with Crippen LogP contribution in [0.1, 0.15) is 11.7 Å². The van der Waals surface area contributed by atoms with Gasteiger partial charge in [0.1, 0.15) is 6.61 Å². The van der Waals surface area contributed by atoms with Crippen LogP contribution in [0.3, 0.4) is 0 Å². The average Bonchev–Trinajstić information content (AvgIpc) is 2.27. The zero-order valence-corrected chi connectivity index (χ0v) is 8.26. The lowest BCUT2D eigenvalue weighted by molar-refractivity contribution is 0.183. The molecule has 0 aliphatic carbocycles. The van der Waals surface area contributed by atoms with E-state index >= 15 is 0 Å². The summed E-state index contributed by atoms with van der Waals surface area (Å²) in [4.78, 5) is 0. The Bertz CT molecular complexity index is 316. The van der Waals surface area contributed by atoms with Gasteiger partial charge in [-0.05, 0) is 17.7 Å². The van der Waals surface area contributed by atoms with E-state index in [0.29, 0.717) is 5.56 Å². The van der Waals surface area contributed by atoms with E-state index in [1.165, 1.54) is 12.1 Å². The first-order valence-corrected chi connectivity index (χ1v) is 4.63. The van der Waals surface area contributed by atoms with Crippen molar-refractivity contribution < 1.29 is 20.1 Å². The SMILES string of the molecule is NCC(O)c1ccc(O)c(OCCO)c1. The zero-order chi connectivity index (χ0) is 11.3. The summed E-state index contributed by atoms with van der Waals surface area (Å²) in [6.07, 6.45) is -0.776. The van der Waals surface area contributed by atoms with Crippen LogP contribution in [0.2, 0.25) is 0 Å². The van der Waals surface area contributed by atoms with Crippen LogP contribution in [-0.2, 0) is 0 Å². The summed E-state index contributed by atoms with van der Waals surface area (Å²) in [5.41, 5.74) is 5.87. The van der Waals surface area contributed by atoms with Crippen molar-refractivity contribution >= 4 is 0 Å². The molecule has 1 rings (SSSR count). The number of phenols is 1. The third kappa shape index (κ3) is 3.09. The fraction of sp³-hybridized carbons (Fsp3) is 0.400. The predicted octanol–water partition coefficient (Wildman–Crippen LogP) is -0.245. The fourth-order valence-electron chi connectivity index (χ4n) is 1.15. The zero-order valence-electron chi connectivity index (χ0n) is 8.26. The van der Waals surface area contributed by atoms with Crippen molar-refractivity contribution in [3.05, 3.63) is 23.8 Å². The van der Waals surface area contributed by atoms with E-state index in [1.807, 2.05) is 0 Å². The molecule has 0 aliphatic rings. The molecule has 1 aromatic rings. The number of hydrogen-bond donors (Lipinski definition) is 4. The third-order valence-electron chi connectivity index (χ3n) is 1.94. The molecule has 0 aliphatic heterocycles. The van der Waals surface area contributed by atoms with Crippen LogP contribution >= 0.6 is 0 Å². The Hall–Kier alpha value is -1.30. The van der Waals surface area contributed by atoms with Crippen LogP contribution in [-0.4, -0.2) is 35.1 Å². The number of rotatable bonds is 5. The Morgan fingerprint density at radius 1 is 1.40 bits per heavy atom. The normalized spacial score (nSPS) is 12.5. The second-order valence-corrected chi connectivity index (χ2v) is 3.05. The van der Waals surface area contributed by atoms with Gasteiger partial charge in [-0.25, -0.2) is 0 Å². The number of aliphatic hydroxyl groups is 2. The van der Waals surface area contributed by atoms with Gasteiger partial charge < -0.3 is 25.8 Å². The van der Waals surface area contributed by atoms with Gasteiger partial charge in [-0.2, -0.15) is 0 Å². The topological polar surface area (TPSA) is 95.9 Å². The minimum Gasteiger partial charge on any atom is -0.504 e. The van der Waals surface area contributed by atoms with Gasteiger partial charge in [-0.15, -0.1) is 0 Å². The van der Waals surface area contributed by atoms with E-state index in [2.05, 4.69) is 0 Å². The molecule has 1 unspecified atom stereocenters. The Kier molecular flexibility index (Phi) is 4.36. The molecule has 0 heterocycles. The Morgan fingerprint density at radius 3 is 2.73 bits per heavy atom. The molecule has 0 fully saturated rings. The van der Waals surface area contributed by atoms with E-state index in [0.717, 1.165) is 0 Å². The molecule has 1 atom stereocenters. The van der Waals surface area contributed by atoms with E-state index in [1.54, 1.807) is 6.07 Å². The first-order valence-electron chi connectivity index (χ1n) is 4.63. The van der Waals surface area contributed by atoms with Gasteiger partial charge in [0, 0.05) is 6.54 Å². The Balaban J connectivity index is 2.84. The maximum Gasteiger partial charge on any atom is 0.161 e. The van der Waals surface area contributed by atoms with Crippen molar-refractivity contribution in [1.82, 2.24) is 0 Å². The Morgan fingerprint density at radius 2 is 2.13 bits per heavy atom. The van der Waals surface area contributed by atoms with Crippen LogP contribution in [0.4, 0.5) is 0 Å². The molecule has 0 aromatic heterocycles. The summed E-state index contributed by atoms with van der Waals surface area (Å²) in [6, 6.07) is 4.49. The molecule has 0 radical (unpaired) electrons. The second-order valence-electron chi connectivity index (χ2n) is 3.05. The van der Waals surface area contributed by atoms with Crippen LogP contribution in [0, 0.1) is 0 Å². The van der Waals surface area contributed by atoms with E-state index < -0.39 is 6.10 Å². The van der Waals surface area contributed by atoms with E-state index in [9.17, 15) is 10.2 Å². The molecule has 5 heteroatoms. The summed E-state index contributed by atoms with van der Waals surface area (Å²) in [6.45, 7) is 0.0586. The maximum atomic E-state index is 9.46. The van der Waals surface area contributed by atoms with Crippen LogP contribution < -0.4 is 10.5 Å². The number of aliphatic hydroxyl groups excluding tert-OH is 2. The molecule has 15 heavy (non-hydrogen) atoms. The van der Waals surface area contributed by atoms with Crippen molar-refractivity contribution in [1.29, 1.82) is 0 Å². The number of ether oxygens (including phenoxy) is 1. The molecule has 1 aromatic carbocycles. The van der Waals surface area contributed by atoms with Gasteiger partial charge in [0.05, 0.1) is 12.7 Å². The summed E-state index contributed by atoms with van der Waals surface area (Å²) in [5, 5.41) is 27.4. The van der Waals surface area contributed by atoms with Gasteiger partial charge in [0.15, 0.2) is 11.5 Å². The van der Waals surface area contributed by atoms with Gasteiger partial charge in [-0.3, -0.25) is 0 Å². The molecule has 0 spiro atoms. The molecular formula is C10H15NO4. The highest BCUT2D eigenvalue weighted by Gasteiger charge is 2.09. The van der Waals surface area contributed by atoms with Crippen molar-refractivity contribution in [3.63, 3.8) is 0 Å². The maximum absolute atomic E-state index is 9.46. The number of phenolic OH excluding ortho intramolecular Hbond substituents is 1. The fourth-order valence-corrected chi connectivity index (χ4v) is 1.15. The number of benzene rings is 1. The molecule has 5 nitrogen and oxygen atoms in total. The molecular weight excluding hydrogens is 198 g/mol. The van der Waals surface area contributed by atoms with Crippen LogP contribution in [0.15, 0.2) is 18.2 Å². The molecule has 0 saturated heterocycles. The van der Waals surface area contributed by atoms with Crippen LogP contribution in [0.25, 0.3) is 0 Å². The van der Waals surface area contributed by atoms with Crippen molar-refractivity contribution in [2.75, 3.05) is 19.8 Å². The lowest BCUT2D eigenvalue weighted by Gasteiger charge is -2.11. The minimum absolute atomic E-state index is 0.0311. The average molecular weight is 213 g/mol. The highest BCUT2D eigenvalue weighted by Crippen LogP contribution is 2.28. The first-order chi connectivity index (χ1) is 7.19. The summed E-state index contributed by atoms with van der Waals surface area (Å²) >= 11 is 0. The highest BCUT2D eigenvalue weighted by atomic mass is 16.5. The predicted molar refractivity (Wildman–Crippen MR) is 54.7 cm³/mol. The smallest absolute Gasteiger partial charge is 0.161 e. The van der Waals surface area contributed by atoms with E-state index in [4.69, 9.17) is 15.6 Å². The molecule has 0 bridgehead atoms. The summed E-state index contributed by atoms with van der Waals surface area (Å²) in [7, 11) is 0. The van der Waals surface area contributed by atoms with Crippen molar-refractivity contribution in [2.24, 2.45) is 5.73 Å². The largest absolute Gasteiger partial charge is 0.504 e. The van der Waals surface area contributed by atoms with Gasteiger partial charge in [0.2, 0.25) is 0 Å². The summed E-state index contributed by atoms with van der Waals surface area (Å²) in [5.74, 6) is 0.200. The molecule has 0 amide bonds. The van der Waals surface area contributed by atoms with Crippen molar-refractivity contribution in [3.8, 4) is 11.5 Å². The lowest BCUT2D eigenvalue weighted by atomic mass is 10.1. The standard InChI is InChI=1S/C10H15NO4/c11-6-9(14)7-1-2-8(13)10(5-7)15-4-3-12/h1-2,5,9,12-14H,3-4,6,11H2. The van der Waals surface area contributed by atoms with Gasteiger partial charge in [-0.1, -0.05) is 6.07 Å². The third-order valence-corrected chi connectivity index (χ3v) is 1.94. The Labute approximate surface area is 87.7 Å². The van der Waals surface area contributed by atoms with Crippen LogP contribution in [0.5, 0.6) is 11.5 Å². The number of hydrogen-bond acceptors (Lipinski definition) is 5. The van der Waals surface area contributed by atoms with Crippen molar-refractivity contribution in [2.45, 2.75) is 6.10 Å². The lowest BCUT2D eigenvalue weighted by Crippen LogP contribution is -2.11. The van der Waals surface area contributed by atoms with E-state index in [-0.39, 0.29) is 31.3 Å². The molecule has 0 saturated carbocycles.